The molecule has 0 saturated carbocycles. The largest absolute Gasteiger partial charge is 0.466 e. The Morgan fingerprint density at radius 1 is 0.412 bits per heavy atom. The van der Waals surface area contributed by atoms with Gasteiger partial charge in [0.15, 0.2) is 0 Å². The molecule has 0 radical (unpaired) electrons. The Hall–Kier alpha value is -1.66. The van der Waals surface area contributed by atoms with Crippen LogP contribution in [-0.4, -0.2) is 47.4 Å². The molecule has 6 heteroatoms. The first kappa shape index (κ1) is 66.3. The highest BCUT2D eigenvalue weighted by atomic mass is 16.5. The molecule has 2 atom stereocenters. The fourth-order valence-electron chi connectivity index (χ4n) is 9.57. The Morgan fingerprint density at radius 2 is 0.721 bits per heavy atom. The molecule has 2 unspecified atom stereocenters. The summed E-state index contributed by atoms with van der Waals surface area (Å²) in [7, 11) is 0. The number of ether oxygens (including phenoxy) is 1. The number of amides is 1. The molecular formula is C62H119NO5. The van der Waals surface area contributed by atoms with Crippen molar-refractivity contribution in [2.24, 2.45) is 0 Å². The Morgan fingerprint density at radius 3 is 1.09 bits per heavy atom. The second-order valence-corrected chi connectivity index (χ2v) is 21.1. The first-order chi connectivity index (χ1) is 33.5. The molecule has 68 heavy (non-hydrogen) atoms. The minimum absolute atomic E-state index is 0.0212. The summed E-state index contributed by atoms with van der Waals surface area (Å²) in [6, 6.07) is -0.559. The number of nitrogens with one attached hydrogen (secondary N) is 1. The molecule has 0 aromatic rings. The number of allylic oxidation sites excluding steroid dienone is 4. The van der Waals surface area contributed by atoms with E-state index < -0.39 is 12.1 Å². The van der Waals surface area contributed by atoms with Gasteiger partial charge in [0.05, 0.1) is 25.4 Å². The summed E-state index contributed by atoms with van der Waals surface area (Å²) >= 11 is 0. The number of carbonyl (C=O) groups excluding carboxylic acids is 2. The third-order valence-electron chi connectivity index (χ3n) is 14.3. The fourth-order valence-corrected chi connectivity index (χ4v) is 9.57. The van der Waals surface area contributed by atoms with Crippen molar-refractivity contribution in [3.8, 4) is 0 Å². The predicted octanol–water partition coefficient (Wildman–Crippen LogP) is 19.0. The van der Waals surface area contributed by atoms with Gasteiger partial charge in [-0.2, -0.15) is 0 Å². The third-order valence-corrected chi connectivity index (χ3v) is 14.3. The van der Waals surface area contributed by atoms with Crippen LogP contribution in [0.15, 0.2) is 24.3 Å². The van der Waals surface area contributed by atoms with Crippen molar-refractivity contribution in [1.29, 1.82) is 0 Å². The number of aliphatic hydroxyl groups is 2. The van der Waals surface area contributed by atoms with E-state index in [0.29, 0.717) is 25.9 Å². The predicted molar refractivity (Wildman–Crippen MR) is 296 cm³/mol. The number of hydrogen-bond donors (Lipinski definition) is 3. The molecular weight excluding hydrogens is 839 g/mol. The van der Waals surface area contributed by atoms with Gasteiger partial charge in [-0.1, -0.05) is 289 Å². The zero-order chi connectivity index (χ0) is 49.3. The van der Waals surface area contributed by atoms with Crippen LogP contribution < -0.4 is 5.32 Å². The highest BCUT2D eigenvalue weighted by molar-refractivity contribution is 5.76. The van der Waals surface area contributed by atoms with Gasteiger partial charge in [-0.3, -0.25) is 9.59 Å². The molecule has 402 valence electrons. The standard InChI is InChI=1S/C62H119NO5/c1-3-5-7-9-11-13-15-16-17-18-19-20-21-22-23-24-25-26-28-31-35-38-42-46-50-54-60(65)59(58-64)63-61(66)55-51-47-43-39-36-32-29-27-30-33-37-41-45-49-53-57-68-62(67)56-52-48-44-40-34-14-12-10-8-6-4-2/h27,30,33,37,59-60,64-65H,3-26,28-29,31-32,34-36,38-58H2,1-2H3,(H,63,66)/b30-27-,37-33-. The highest BCUT2D eigenvalue weighted by Gasteiger charge is 2.20. The van der Waals surface area contributed by atoms with E-state index in [1.807, 2.05) is 0 Å². The second kappa shape index (κ2) is 57.9. The van der Waals surface area contributed by atoms with Crippen LogP contribution in [0.3, 0.4) is 0 Å². The van der Waals surface area contributed by atoms with Crippen molar-refractivity contribution >= 4 is 11.9 Å². The minimum atomic E-state index is -0.680. The Kier molecular flexibility index (Phi) is 56.5. The van der Waals surface area contributed by atoms with E-state index in [4.69, 9.17) is 4.74 Å². The maximum absolute atomic E-state index is 12.5. The quantitative estimate of drug-likeness (QED) is 0.0321. The lowest BCUT2D eigenvalue weighted by Gasteiger charge is -2.22. The van der Waals surface area contributed by atoms with Crippen molar-refractivity contribution in [2.75, 3.05) is 13.2 Å². The molecule has 0 aliphatic heterocycles. The second-order valence-electron chi connectivity index (χ2n) is 21.1. The molecule has 0 saturated heterocycles. The third kappa shape index (κ3) is 53.7. The zero-order valence-electron chi connectivity index (χ0n) is 45.9. The van der Waals surface area contributed by atoms with Crippen LogP contribution >= 0.6 is 0 Å². The van der Waals surface area contributed by atoms with E-state index in [1.54, 1.807) is 0 Å². The average Bonchev–Trinajstić information content (AvgIpc) is 3.34. The Labute approximate surface area is 424 Å². The monoisotopic (exact) mass is 958 g/mol. The van der Waals surface area contributed by atoms with Crippen LogP contribution in [0.5, 0.6) is 0 Å². The molecule has 6 nitrogen and oxygen atoms in total. The molecule has 0 aromatic carbocycles. The summed E-state index contributed by atoms with van der Waals surface area (Å²) < 4.78 is 5.43. The normalized spacial score (nSPS) is 12.7. The summed E-state index contributed by atoms with van der Waals surface area (Å²) in [4.78, 5) is 24.5. The van der Waals surface area contributed by atoms with Gasteiger partial charge >= 0.3 is 5.97 Å². The molecule has 3 N–H and O–H groups in total. The molecule has 0 aliphatic carbocycles. The van der Waals surface area contributed by atoms with Crippen molar-refractivity contribution < 1.29 is 24.5 Å². The van der Waals surface area contributed by atoms with E-state index >= 15 is 0 Å². The summed E-state index contributed by atoms with van der Waals surface area (Å²) in [5, 5.41) is 23.4. The van der Waals surface area contributed by atoms with Crippen molar-refractivity contribution in [3.05, 3.63) is 24.3 Å². The first-order valence-electron chi connectivity index (χ1n) is 30.6. The smallest absolute Gasteiger partial charge is 0.305 e. The van der Waals surface area contributed by atoms with Crippen LogP contribution in [0, 0.1) is 0 Å². The van der Waals surface area contributed by atoms with Crippen LogP contribution in [0.25, 0.3) is 0 Å². The van der Waals surface area contributed by atoms with Gasteiger partial charge in [0, 0.05) is 12.8 Å². The number of aliphatic hydroxyl groups excluding tert-OH is 2. The number of esters is 1. The lowest BCUT2D eigenvalue weighted by atomic mass is 10.0. The van der Waals surface area contributed by atoms with E-state index in [0.717, 1.165) is 77.0 Å². The molecule has 0 aromatic heterocycles. The maximum atomic E-state index is 12.5. The molecule has 1 amide bonds. The van der Waals surface area contributed by atoms with E-state index in [2.05, 4.69) is 43.5 Å². The average molecular weight is 959 g/mol. The van der Waals surface area contributed by atoms with E-state index in [-0.39, 0.29) is 18.5 Å². The number of unbranched alkanes of at least 4 members (excludes halogenated alkanes) is 43. The maximum Gasteiger partial charge on any atom is 0.305 e. The van der Waals surface area contributed by atoms with Crippen LogP contribution in [0.4, 0.5) is 0 Å². The molecule has 0 fully saturated rings. The van der Waals surface area contributed by atoms with E-state index in [1.165, 1.54) is 225 Å². The lowest BCUT2D eigenvalue weighted by molar-refractivity contribution is -0.143. The van der Waals surface area contributed by atoms with Crippen LogP contribution in [0.2, 0.25) is 0 Å². The summed E-state index contributed by atoms with van der Waals surface area (Å²) in [5.74, 6) is -0.0751. The van der Waals surface area contributed by atoms with Gasteiger partial charge in [0.2, 0.25) is 5.91 Å². The van der Waals surface area contributed by atoms with Gasteiger partial charge in [0.1, 0.15) is 0 Å². The SMILES string of the molecule is CCCCCCCCCCCCCCCCCCCCCCCCCCCC(O)C(CO)NC(=O)CCCCCCCC/C=C\C=C/CCCCCOC(=O)CCCCCCCCCCCCC. The van der Waals surface area contributed by atoms with E-state index in [9.17, 15) is 19.8 Å². The van der Waals surface area contributed by atoms with Crippen LogP contribution in [0.1, 0.15) is 335 Å². The Balaban J connectivity index is 3.49. The molecule has 0 bridgehead atoms. The van der Waals surface area contributed by atoms with Crippen molar-refractivity contribution in [3.63, 3.8) is 0 Å². The van der Waals surface area contributed by atoms with Gasteiger partial charge in [-0.15, -0.1) is 0 Å². The van der Waals surface area contributed by atoms with Gasteiger partial charge < -0.3 is 20.3 Å². The van der Waals surface area contributed by atoms with Gasteiger partial charge in [0.25, 0.3) is 0 Å². The molecule has 0 aliphatic rings. The summed E-state index contributed by atoms with van der Waals surface area (Å²) in [6.07, 6.45) is 70.4. The zero-order valence-corrected chi connectivity index (χ0v) is 45.9. The molecule has 0 rings (SSSR count). The number of hydrogen-bond acceptors (Lipinski definition) is 5. The minimum Gasteiger partial charge on any atom is -0.466 e. The topological polar surface area (TPSA) is 95.9 Å². The van der Waals surface area contributed by atoms with Crippen molar-refractivity contribution in [1.82, 2.24) is 5.32 Å². The highest BCUT2D eigenvalue weighted by Crippen LogP contribution is 2.18. The summed E-state index contributed by atoms with van der Waals surface area (Å²) in [5.41, 5.74) is 0. The van der Waals surface area contributed by atoms with Crippen LogP contribution in [-0.2, 0) is 14.3 Å². The number of rotatable bonds is 57. The lowest BCUT2D eigenvalue weighted by Crippen LogP contribution is -2.45. The molecule has 0 heterocycles. The summed E-state index contributed by atoms with van der Waals surface area (Å²) in [6.45, 7) is 4.91. The van der Waals surface area contributed by atoms with Gasteiger partial charge in [-0.05, 0) is 57.8 Å². The number of carbonyl (C=O) groups is 2. The van der Waals surface area contributed by atoms with Gasteiger partial charge in [-0.25, -0.2) is 0 Å². The Bertz CT molecular complexity index is 1060. The van der Waals surface area contributed by atoms with Crippen molar-refractivity contribution in [2.45, 2.75) is 347 Å². The first-order valence-corrected chi connectivity index (χ1v) is 30.6. The fraction of sp³-hybridized carbons (Fsp3) is 0.903. The molecule has 0 spiro atoms.